The van der Waals surface area contributed by atoms with Gasteiger partial charge in [-0.3, -0.25) is 4.79 Å². The van der Waals surface area contributed by atoms with Gasteiger partial charge in [-0.1, -0.05) is 12.1 Å². The minimum atomic E-state index is -0.232. The number of ether oxygens (including phenoxy) is 1. The molecule has 1 amide bonds. The van der Waals surface area contributed by atoms with Crippen molar-refractivity contribution in [1.82, 2.24) is 14.8 Å². The Morgan fingerprint density at radius 1 is 1.24 bits per heavy atom. The normalized spacial score (nSPS) is 10.5. The summed E-state index contributed by atoms with van der Waals surface area (Å²) in [5.74, 6) is 1.10. The van der Waals surface area contributed by atoms with Gasteiger partial charge in [0.05, 0.1) is 29.7 Å². The molecule has 0 radical (unpaired) electrons. The predicted molar refractivity (Wildman–Crippen MR) is 96.4 cm³/mol. The molecule has 0 spiro atoms. The molecule has 6 nitrogen and oxygen atoms in total. The first kappa shape index (κ1) is 16.7. The predicted octanol–water partition coefficient (Wildman–Crippen LogP) is 3.54. The van der Waals surface area contributed by atoms with Gasteiger partial charge in [-0.15, -0.1) is 0 Å². The number of amides is 1. The second-order valence-electron chi connectivity index (χ2n) is 5.63. The van der Waals surface area contributed by atoms with Gasteiger partial charge in [0, 0.05) is 6.20 Å². The topological polar surface area (TPSA) is 69.0 Å². The molecule has 25 heavy (non-hydrogen) atoms. The number of pyridine rings is 1. The zero-order valence-electron chi connectivity index (χ0n) is 14.5. The van der Waals surface area contributed by atoms with Crippen LogP contribution in [0.3, 0.4) is 0 Å². The van der Waals surface area contributed by atoms with Crippen LogP contribution in [0, 0.1) is 13.8 Å². The third kappa shape index (κ3) is 3.52. The second-order valence-corrected chi connectivity index (χ2v) is 5.63. The zero-order chi connectivity index (χ0) is 17.8. The van der Waals surface area contributed by atoms with Gasteiger partial charge in [-0.05, 0) is 50.6 Å². The second kappa shape index (κ2) is 7.17. The molecule has 6 heteroatoms. The Hall–Kier alpha value is -3.15. The Balaban J connectivity index is 1.87. The summed E-state index contributed by atoms with van der Waals surface area (Å²) in [7, 11) is 0. The van der Waals surface area contributed by atoms with E-state index in [4.69, 9.17) is 4.74 Å². The highest BCUT2D eigenvalue weighted by molar-refractivity contribution is 6.05. The van der Waals surface area contributed by atoms with Crippen LogP contribution in [0.4, 0.5) is 5.69 Å². The maximum atomic E-state index is 12.7. The van der Waals surface area contributed by atoms with Crippen LogP contribution in [0.15, 0.2) is 48.8 Å². The van der Waals surface area contributed by atoms with Crippen molar-refractivity contribution < 1.29 is 9.53 Å². The van der Waals surface area contributed by atoms with Gasteiger partial charge in [0.25, 0.3) is 5.91 Å². The molecule has 2 heterocycles. The summed E-state index contributed by atoms with van der Waals surface area (Å²) in [4.78, 5) is 16.9. The molecule has 0 bridgehead atoms. The summed E-state index contributed by atoms with van der Waals surface area (Å²) in [6.45, 7) is 6.27. The Labute approximate surface area is 146 Å². The molecule has 0 saturated carbocycles. The highest BCUT2D eigenvalue weighted by atomic mass is 16.5. The number of anilines is 1. The number of benzene rings is 1. The van der Waals surface area contributed by atoms with Crippen molar-refractivity contribution in [2.75, 3.05) is 11.9 Å². The van der Waals surface area contributed by atoms with Crippen molar-refractivity contribution in [2.24, 2.45) is 0 Å². The van der Waals surface area contributed by atoms with Gasteiger partial charge in [-0.25, -0.2) is 9.67 Å². The molecular weight excluding hydrogens is 316 g/mol. The first-order chi connectivity index (χ1) is 12.1. The molecule has 0 fully saturated rings. The fourth-order valence-corrected chi connectivity index (χ4v) is 2.54. The third-order valence-electron chi connectivity index (χ3n) is 3.81. The molecule has 0 aliphatic rings. The number of rotatable bonds is 5. The summed E-state index contributed by atoms with van der Waals surface area (Å²) in [6, 6.07) is 11.2. The molecular formula is C19H20N4O2. The lowest BCUT2D eigenvalue weighted by atomic mass is 10.2. The lowest BCUT2D eigenvalue weighted by molar-refractivity contribution is 0.102. The van der Waals surface area contributed by atoms with E-state index in [1.165, 1.54) is 0 Å². The van der Waals surface area contributed by atoms with Crippen LogP contribution < -0.4 is 10.1 Å². The van der Waals surface area contributed by atoms with Gasteiger partial charge >= 0.3 is 0 Å². The Bertz CT molecular complexity index is 888. The minimum Gasteiger partial charge on any atom is -0.492 e. The number of nitrogens with one attached hydrogen (secondary N) is 1. The first-order valence-corrected chi connectivity index (χ1v) is 8.11. The fourth-order valence-electron chi connectivity index (χ4n) is 2.54. The van der Waals surface area contributed by atoms with Crippen LogP contribution in [-0.2, 0) is 0 Å². The standard InChI is InChI=1S/C19H20N4O2/c1-4-25-17-11-13(2)8-9-16(17)22-19(24)15-12-21-23(14(15)3)18-7-5-6-10-20-18/h5-12H,4H2,1-3H3,(H,22,24). The van der Waals surface area contributed by atoms with Crippen LogP contribution in [0.2, 0.25) is 0 Å². The van der Waals surface area contributed by atoms with Crippen LogP contribution in [0.1, 0.15) is 28.5 Å². The van der Waals surface area contributed by atoms with Crippen LogP contribution in [0.5, 0.6) is 5.75 Å². The Morgan fingerprint density at radius 3 is 2.80 bits per heavy atom. The summed E-state index contributed by atoms with van der Waals surface area (Å²) >= 11 is 0. The van der Waals surface area contributed by atoms with E-state index in [1.54, 1.807) is 17.1 Å². The molecule has 0 aliphatic carbocycles. The maximum absolute atomic E-state index is 12.7. The molecule has 3 rings (SSSR count). The van der Waals surface area contributed by atoms with E-state index in [2.05, 4.69) is 15.4 Å². The molecule has 0 aliphatic heterocycles. The number of hydrogen-bond acceptors (Lipinski definition) is 4. The lowest BCUT2D eigenvalue weighted by Gasteiger charge is -2.12. The SMILES string of the molecule is CCOc1cc(C)ccc1NC(=O)c1cnn(-c2ccccn2)c1C. The average molecular weight is 336 g/mol. The van der Waals surface area contributed by atoms with E-state index in [9.17, 15) is 4.79 Å². The summed E-state index contributed by atoms with van der Waals surface area (Å²) < 4.78 is 7.26. The number of aryl methyl sites for hydroxylation is 1. The highest BCUT2D eigenvalue weighted by Crippen LogP contribution is 2.26. The van der Waals surface area contributed by atoms with Gasteiger partial charge in [0.15, 0.2) is 5.82 Å². The van der Waals surface area contributed by atoms with Gasteiger partial charge in [0.2, 0.25) is 0 Å². The Kier molecular flexibility index (Phi) is 4.79. The van der Waals surface area contributed by atoms with E-state index < -0.39 is 0 Å². The lowest BCUT2D eigenvalue weighted by Crippen LogP contribution is -2.14. The van der Waals surface area contributed by atoms with Gasteiger partial charge < -0.3 is 10.1 Å². The highest BCUT2D eigenvalue weighted by Gasteiger charge is 2.17. The molecule has 3 aromatic rings. The molecule has 128 valence electrons. The summed E-state index contributed by atoms with van der Waals surface area (Å²) in [6.07, 6.45) is 3.24. The van der Waals surface area contributed by atoms with Crippen molar-refractivity contribution >= 4 is 11.6 Å². The fraction of sp³-hybridized carbons (Fsp3) is 0.211. The first-order valence-electron chi connectivity index (χ1n) is 8.11. The maximum Gasteiger partial charge on any atom is 0.259 e. The number of nitrogens with zero attached hydrogens (tertiary/aromatic N) is 3. The summed E-state index contributed by atoms with van der Waals surface area (Å²) in [5.41, 5.74) is 2.93. The number of carbonyl (C=O) groups excluding carboxylic acids is 1. The quantitative estimate of drug-likeness (QED) is 0.774. The molecule has 0 saturated heterocycles. The monoisotopic (exact) mass is 336 g/mol. The number of carbonyl (C=O) groups is 1. The molecule has 1 aromatic carbocycles. The van der Waals surface area contributed by atoms with E-state index in [1.807, 2.05) is 57.2 Å². The summed E-state index contributed by atoms with van der Waals surface area (Å²) in [5, 5.41) is 7.19. The van der Waals surface area contributed by atoms with Crippen molar-refractivity contribution in [1.29, 1.82) is 0 Å². The van der Waals surface area contributed by atoms with E-state index in [0.717, 1.165) is 11.3 Å². The number of hydrogen-bond donors (Lipinski definition) is 1. The molecule has 0 atom stereocenters. The molecule has 2 aromatic heterocycles. The van der Waals surface area contributed by atoms with Gasteiger partial charge in [-0.2, -0.15) is 5.10 Å². The zero-order valence-corrected chi connectivity index (χ0v) is 14.5. The van der Waals surface area contributed by atoms with Crippen LogP contribution in [0.25, 0.3) is 5.82 Å². The number of aromatic nitrogens is 3. The third-order valence-corrected chi connectivity index (χ3v) is 3.81. The van der Waals surface area contributed by atoms with Crippen molar-refractivity contribution in [2.45, 2.75) is 20.8 Å². The van der Waals surface area contributed by atoms with Crippen LogP contribution in [-0.4, -0.2) is 27.3 Å². The molecule has 0 unspecified atom stereocenters. The van der Waals surface area contributed by atoms with Gasteiger partial charge in [0.1, 0.15) is 5.75 Å². The average Bonchev–Trinajstić information content (AvgIpc) is 3.00. The van der Waals surface area contributed by atoms with E-state index >= 15 is 0 Å². The van der Waals surface area contributed by atoms with Crippen LogP contribution >= 0.6 is 0 Å². The van der Waals surface area contributed by atoms with E-state index in [-0.39, 0.29) is 5.91 Å². The van der Waals surface area contributed by atoms with Crippen molar-refractivity contribution in [3.8, 4) is 11.6 Å². The molecule has 1 N–H and O–H groups in total. The Morgan fingerprint density at radius 2 is 2.08 bits per heavy atom. The smallest absolute Gasteiger partial charge is 0.259 e. The van der Waals surface area contributed by atoms with E-state index in [0.29, 0.717) is 29.4 Å². The minimum absolute atomic E-state index is 0.232. The van der Waals surface area contributed by atoms with Crippen molar-refractivity contribution in [3.63, 3.8) is 0 Å². The van der Waals surface area contributed by atoms with Crippen molar-refractivity contribution in [3.05, 3.63) is 65.6 Å². The largest absolute Gasteiger partial charge is 0.492 e.